The first-order valence-corrected chi connectivity index (χ1v) is 12.7. The van der Waals surface area contributed by atoms with Crippen molar-refractivity contribution in [3.63, 3.8) is 0 Å². The van der Waals surface area contributed by atoms with Crippen LogP contribution in [0, 0.1) is 6.92 Å². The third-order valence-electron chi connectivity index (χ3n) is 6.09. The topological polar surface area (TPSA) is 56.2 Å². The molecule has 0 saturated carbocycles. The SMILES string of the molecule is Cc1ccccc1C(=O)NCCCCCc1nc2ccccc2n1CCCOc1ccc(Cl)cc1. The predicted molar refractivity (Wildman–Crippen MR) is 142 cm³/mol. The Kier molecular flexibility index (Phi) is 8.79. The van der Waals surface area contributed by atoms with Crippen LogP contribution in [0.25, 0.3) is 11.0 Å². The lowest BCUT2D eigenvalue weighted by molar-refractivity contribution is 0.0952. The first kappa shape index (κ1) is 24.8. The molecule has 4 aromatic rings. The van der Waals surface area contributed by atoms with Gasteiger partial charge in [0.1, 0.15) is 11.6 Å². The molecule has 4 rings (SSSR count). The molecule has 5 nitrogen and oxygen atoms in total. The lowest BCUT2D eigenvalue weighted by Crippen LogP contribution is -2.25. The van der Waals surface area contributed by atoms with Gasteiger partial charge in [0.15, 0.2) is 0 Å². The van der Waals surface area contributed by atoms with E-state index in [1.54, 1.807) is 0 Å². The summed E-state index contributed by atoms with van der Waals surface area (Å²) in [5, 5.41) is 3.75. The van der Waals surface area contributed by atoms with Crippen LogP contribution in [-0.2, 0) is 13.0 Å². The molecule has 0 aliphatic heterocycles. The van der Waals surface area contributed by atoms with Crippen molar-refractivity contribution in [1.82, 2.24) is 14.9 Å². The molecule has 1 heterocycles. The first-order valence-electron chi connectivity index (χ1n) is 12.3. The van der Waals surface area contributed by atoms with Gasteiger partial charge in [0.25, 0.3) is 5.91 Å². The monoisotopic (exact) mass is 489 g/mol. The van der Waals surface area contributed by atoms with Crippen molar-refractivity contribution in [3.05, 3.63) is 94.8 Å². The van der Waals surface area contributed by atoms with Gasteiger partial charge in [-0.25, -0.2) is 4.98 Å². The second-order valence-electron chi connectivity index (χ2n) is 8.71. The molecule has 0 aliphatic rings. The molecule has 0 spiro atoms. The predicted octanol–water partition coefficient (Wildman–Crippen LogP) is 6.61. The number of halogens is 1. The highest BCUT2D eigenvalue weighted by Gasteiger charge is 2.11. The quantitative estimate of drug-likeness (QED) is 0.228. The zero-order valence-corrected chi connectivity index (χ0v) is 20.9. The number of para-hydroxylation sites is 2. The molecule has 0 fully saturated rings. The van der Waals surface area contributed by atoms with Crippen LogP contribution in [0.3, 0.4) is 0 Å². The van der Waals surface area contributed by atoms with E-state index in [-0.39, 0.29) is 5.91 Å². The molecule has 6 heteroatoms. The Morgan fingerprint density at radius 3 is 2.54 bits per heavy atom. The van der Waals surface area contributed by atoms with Crippen LogP contribution >= 0.6 is 11.6 Å². The standard InChI is InChI=1S/C29H32ClN3O2/c1-22-10-4-5-11-25(22)29(34)31-19-8-2-3-14-28-32-26-12-6-7-13-27(26)33(28)20-9-21-35-24-17-15-23(30)16-18-24/h4-7,10-13,15-18H,2-3,8-9,14,19-21H2,1H3,(H,31,34). The van der Waals surface area contributed by atoms with Crippen molar-refractivity contribution in [2.75, 3.05) is 13.2 Å². The average molecular weight is 490 g/mol. The molecule has 0 atom stereocenters. The van der Waals surface area contributed by atoms with Crippen LogP contribution in [-0.4, -0.2) is 28.6 Å². The van der Waals surface area contributed by atoms with E-state index >= 15 is 0 Å². The minimum Gasteiger partial charge on any atom is -0.494 e. The van der Waals surface area contributed by atoms with E-state index < -0.39 is 0 Å². The Bertz CT molecular complexity index is 1250. The molecule has 0 aliphatic carbocycles. The zero-order chi connectivity index (χ0) is 24.5. The molecule has 1 amide bonds. The molecular formula is C29H32ClN3O2. The third kappa shape index (κ3) is 6.86. The van der Waals surface area contributed by atoms with E-state index in [9.17, 15) is 4.79 Å². The fourth-order valence-corrected chi connectivity index (χ4v) is 4.34. The van der Waals surface area contributed by atoms with Gasteiger partial charge in [-0.3, -0.25) is 4.79 Å². The largest absolute Gasteiger partial charge is 0.494 e. The summed E-state index contributed by atoms with van der Waals surface area (Å²) in [7, 11) is 0. The summed E-state index contributed by atoms with van der Waals surface area (Å²) in [6.07, 6.45) is 4.83. The number of hydrogen-bond donors (Lipinski definition) is 1. The number of nitrogens with zero attached hydrogens (tertiary/aromatic N) is 2. The summed E-state index contributed by atoms with van der Waals surface area (Å²) in [6, 6.07) is 23.4. The van der Waals surface area contributed by atoms with Crippen LogP contribution < -0.4 is 10.1 Å². The number of aromatic nitrogens is 2. The highest BCUT2D eigenvalue weighted by molar-refractivity contribution is 6.30. The van der Waals surface area contributed by atoms with Gasteiger partial charge in [-0.2, -0.15) is 0 Å². The minimum atomic E-state index is 0.00529. The number of benzene rings is 3. The van der Waals surface area contributed by atoms with E-state index in [0.29, 0.717) is 18.2 Å². The van der Waals surface area contributed by atoms with Gasteiger partial charge >= 0.3 is 0 Å². The van der Waals surface area contributed by atoms with Crippen molar-refractivity contribution in [1.29, 1.82) is 0 Å². The normalized spacial score (nSPS) is 11.0. The van der Waals surface area contributed by atoms with Crippen LogP contribution in [0.2, 0.25) is 5.02 Å². The van der Waals surface area contributed by atoms with E-state index in [4.69, 9.17) is 21.3 Å². The number of hydrogen-bond acceptors (Lipinski definition) is 3. The Labute approximate surface area is 212 Å². The summed E-state index contributed by atoms with van der Waals surface area (Å²) in [5.74, 6) is 1.95. The number of nitrogens with one attached hydrogen (secondary N) is 1. The molecule has 0 bridgehead atoms. The number of fused-ring (bicyclic) bond motifs is 1. The second-order valence-corrected chi connectivity index (χ2v) is 9.14. The number of ether oxygens (including phenoxy) is 1. The van der Waals surface area contributed by atoms with Gasteiger partial charge in [-0.1, -0.05) is 48.4 Å². The molecule has 0 radical (unpaired) electrons. The molecule has 35 heavy (non-hydrogen) atoms. The summed E-state index contributed by atoms with van der Waals surface area (Å²) in [5.41, 5.74) is 3.95. The maximum atomic E-state index is 12.4. The maximum absolute atomic E-state index is 12.4. The van der Waals surface area contributed by atoms with Crippen LogP contribution in [0.15, 0.2) is 72.8 Å². The van der Waals surface area contributed by atoms with Crippen LogP contribution in [0.4, 0.5) is 0 Å². The fourth-order valence-electron chi connectivity index (χ4n) is 4.22. The van der Waals surface area contributed by atoms with E-state index in [1.165, 1.54) is 5.52 Å². The van der Waals surface area contributed by atoms with E-state index in [0.717, 1.165) is 66.9 Å². The number of unbranched alkanes of at least 4 members (excludes halogenated alkanes) is 2. The Morgan fingerprint density at radius 2 is 1.71 bits per heavy atom. The van der Waals surface area contributed by atoms with Crippen molar-refractivity contribution in [3.8, 4) is 5.75 Å². The molecular weight excluding hydrogens is 458 g/mol. The smallest absolute Gasteiger partial charge is 0.251 e. The van der Waals surface area contributed by atoms with Gasteiger partial charge in [0, 0.05) is 30.1 Å². The third-order valence-corrected chi connectivity index (χ3v) is 6.35. The van der Waals surface area contributed by atoms with Gasteiger partial charge in [-0.05, 0) is 74.2 Å². The molecule has 0 saturated heterocycles. The lowest BCUT2D eigenvalue weighted by atomic mass is 10.1. The zero-order valence-electron chi connectivity index (χ0n) is 20.2. The molecule has 0 unspecified atom stereocenters. The van der Waals surface area contributed by atoms with E-state index in [2.05, 4.69) is 28.1 Å². The summed E-state index contributed by atoms with van der Waals surface area (Å²) in [6.45, 7) is 4.14. The van der Waals surface area contributed by atoms with Crippen LogP contribution in [0.5, 0.6) is 5.75 Å². The molecule has 3 aromatic carbocycles. The van der Waals surface area contributed by atoms with Gasteiger partial charge in [-0.15, -0.1) is 0 Å². The van der Waals surface area contributed by atoms with Gasteiger partial charge in [0.05, 0.1) is 17.6 Å². The molecule has 1 N–H and O–H groups in total. The number of imidazole rings is 1. The Hall–Kier alpha value is -3.31. The van der Waals surface area contributed by atoms with Gasteiger partial charge < -0.3 is 14.6 Å². The molecule has 1 aromatic heterocycles. The number of carbonyl (C=O) groups is 1. The lowest BCUT2D eigenvalue weighted by Gasteiger charge is -2.11. The van der Waals surface area contributed by atoms with Gasteiger partial charge in [0.2, 0.25) is 0 Å². The number of amides is 1. The van der Waals surface area contributed by atoms with Crippen LogP contribution in [0.1, 0.15) is 47.4 Å². The van der Waals surface area contributed by atoms with Crippen molar-refractivity contribution < 1.29 is 9.53 Å². The number of rotatable bonds is 12. The summed E-state index contributed by atoms with van der Waals surface area (Å²) in [4.78, 5) is 17.2. The Balaban J connectivity index is 1.24. The number of aryl methyl sites for hydroxylation is 3. The van der Waals surface area contributed by atoms with Crippen molar-refractivity contribution in [2.45, 2.75) is 45.6 Å². The highest BCUT2D eigenvalue weighted by Crippen LogP contribution is 2.19. The second kappa shape index (κ2) is 12.4. The maximum Gasteiger partial charge on any atom is 0.251 e. The summed E-state index contributed by atoms with van der Waals surface area (Å²) >= 11 is 5.94. The van der Waals surface area contributed by atoms with E-state index in [1.807, 2.05) is 61.5 Å². The highest BCUT2D eigenvalue weighted by atomic mass is 35.5. The van der Waals surface area contributed by atoms with Crippen molar-refractivity contribution in [2.24, 2.45) is 0 Å². The fraction of sp³-hybridized carbons (Fsp3) is 0.310. The first-order chi connectivity index (χ1) is 17.1. The van der Waals surface area contributed by atoms with Crippen molar-refractivity contribution >= 4 is 28.5 Å². The Morgan fingerprint density at radius 1 is 0.943 bits per heavy atom. The summed E-state index contributed by atoms with van der Waals surface area (Å²) < 4.78 is 8.19. The number of carbonyl (C=O) groups excluding carboxylic acids is 1. The minimum absolute atomic E-state index is 0.00529. The molecule has 182 valence electrons. The average Bonchev–Trinajstić information content (AvgIpc) is 3.22.